The molecule has 1 N–H and O–H groups in total. The fourth-order valence-electron chi connectivity index (χ4n) is 1.79. The van der Waals surface area contributed by atoms with E-state index in [1.165, 1.54) is 12.8 Å². The second kappa shape index (κ2) is 4.75. The molecule has 0 aliphatic heterocycles. The highest BCUT2D eigenvalue weighted by Crippen LogP contribution is 2.42. The van der Waals surface area contributed by atoms with Gasteiger partial charge in [0.1, 0.15) is 11.5 Å². The molecule has 6 heteroatoms. The molecule has 0 unspecified atom stereocenters. The van der Waals surface area contributed by atoms with Gasteiger partial charge in [-0.2, -0.15) is 0 Å². The smallest absolute Gasteiger partial charge is 0.182 e. The minimum absolute atomic E-state index is 0.586. The van der Waals surface area contributed by atoms with Crippen LogP contribution < -0.4 is 5.32 Å². The van der Waals surface area contributed by atoms with Crippen molar-refractivity contribution in [2.75, 3.05) is 12.4 Å². The fraction of sp³-hybridized carbons (Fsp3) is 0.333. The predicted octanol–water partition coefficient (Wildman–Crippen LogP) is 2.46. The third-order valence-corrected chi connectivity index (χ3v) is 3.93. The molecule has 0 saturated heterocycles. The molecule has 1 saturated carbocycles. The van der Waals surface area contributed by atoms with Crippen molar-refractivity contribution in [1.29, 1.82) is 0 Å². The zero-order valence-corrected chi connectivity index (χ0v) is 12.0. The van der Waals surface area contributed by atoms with E-state index in [2.05, 4.69) is 47.8 Å². The minimum atomic E-state index is 0.586. The van der Waals surface area contributed by atoms with Gasteiger partial charge in [0.25, 0.3) is 0 Å². The van der Waals surface area contributed by atoms with E-state index in [-0.39, 0.29) is 0 Å². The van der Waals surface area contributed by atoms with E-state index < -0.39 is 0 Å². The maximum absolute atomic E-state index is 4.65. The van der Waals surface area contributed by atoms with Gasteiger partial charge in [-0.05, 0) is 35.4 Å². The molecule has 0 atom stereocenters. The molecule has 0 aromatic carbocycles. The third-order valence-electron chi connectivity index (χ3n) is 2.87. The van der Waals surface area contributed by atoms with Gasteiger partial charge >= 0.3 is 0 Å². The number of rotatable bonds is 3. The largest absolute Gasteiger partial charge is 0.372 e. The zero-order chi connectivity index (χ0) is 12.5. The second-order valence-corrected chi connectivity index (χ2v) is 5.29. The highest BCUT2D eigenvalue weighted by atomic mass is 127. The first-order chi connectivity index (χ1) is 8.79. The highest BCUT2D eigenvalue weighted by molar-refractivity contribution is 14.1. The molecule has 92 valence electrons. The average Bonchev–Trinajstić information content (AvgIpc) is 3.24. The number of anilines is 1. The van der Waals surface area contributed by atoms with Crippen LogP contribution in [0.2, 0.25) is 0 Å². The molecule has 1 aliphatic carbocycles. The van der Waals surface area contributed by atoms with E-state index >= 15 is 0 Å². The van der Waals surface area contributed by atoms with E-state index in [4.69, 9.17) is 0 Å². The number of halogens is 1. The Bertz CT molecular complexity index is 568. The van der Waals surface area contributed by atoms with Crippen molar-refractivity contribution >= 4 is 28.4 Å². The van der Waals surface area contributed by atoms with Crippen LogP contribution in [0.25, 0.3) is 11.5 Å². The van der Waals surface area contributed by atoms with Gasteiger partial charge in [0, 0.05) is 25.4 Å². The summed E-state index contributed by atoms with van der Waals surface area (Å²) in [6.45, 7) is 0. The summed E-state index contributed by atoms with van der Waals surface area (Å²) < 4.78 is 1.12. The van der Waals surface area contributed by atoms with Gasteiger partial charge in [-0.3, -0.25) is 4.98 Å². The van der Waals surface area contributed by atoms with Crippen LogP contribution in [0.15, 0.2) is 18.6 Å². The normalized spacial score (nSPS) is 14.6. The quantitative estimate of drug-likeness (QED) is 0.859. The molecule has 5 nitrogen and oxygen atoms in total. The molecule has 2 aromatic rings. The number of aromatic nitrogens is 4. The molecule has 18 heavy (non-hydrogen) atoms. The van der Waals surface area contributed by atoms with Gasteiger partial charge in [-0.25, -0.2) is 15.0 Å². The number of nitrogens with zero attached hydrogens (tertiary/aromatic N) is 4. The number of hydrogen-bond acceptors (Lipinski definition) is 5. The van der Waals surface area contributed by atoms with Gasteiger partial charge < -0.3 is 5.32 Å². The summed E-state index contributed by atoms with van der Waals surface area (Å²) in [7, 11) is 1.88. The molecule has 1 fully saturated rings. The van der Waals surface area contributed by atoms with E-state index in [0.29, 0.717) is 17.4 Å². The molecule has 1 aliphatic rings. The Hall–Kier alpha value is -1.31. The minimum Gasteiger partial charge on any atom is -0.372 e. The summed E-state index contributed by atoms with van der Waals surface area (Å²) in [5.74, 6) is 2.10. The molecule has 0 spiro atoms. The van der Waals surface area contributed by atoms with E-state index in [1.807, 2.05) is 7.05 Å². The summed E-state index contributed by atoms with van der Waals surface area (Å²) >= 11 is 2.31. The lowest BCUT2D eigenvalue weighted by Gasteiger charge is -2.10. The van der Waals surface area contributed by atoms with Crippen LogP contribution in [0, 0.1) is 3.57 Å². The average molecular weight is 353 g/mol. The molecule has 0 radical (unpaired) electrons. The Kier molecular flexibility index (Phi) is 3.11. The van der Waals surface area contributed by atoms with Crippen molar-refractivity contribution in [2.24, 2.45) is 0 Å². The third kappa shape index (κ3) is 2.16. The van der Waals surface area contributed by atoms with Crippen molar-refractivity contribution in [3.05, 3.63) is 27.9 Å². The van der Waals surface area contributed by atoms with Gasteiger partial charge in [0.05, 0.1) is 15.5 Å². The van der Waals surface area contributed by atoms with E-state index in [0.717, 1.165) is 15.1 Å². The van der Waals surface area contributed by atoms with Crippen molar-refractivity contribution < 1.29 is 0 Å². The van der Waals surface area contributed by atoms with Crippen molar-refractivity contribution in [1.82, 2.24) is 19.9 Å². The maximum Gasteiger partial charge on any atom is 0.182 e. The molecule has 0 amide bonds. The second-order valence-electron chi connectivity index (χ2n) is 4.21. The Morgan fingerprint density at radius 3 is 2.72 bits per heavy atom. The van der Waals surface area contributed by atoms with Gasteiger partial charge in [0.15, 0.2) is 5.82 Å². The van der Waals surface area contributed by atoms with Crippen LogP contribution in [0.3, 0.4) is 0 Å². The molecule has 2 heterocycles. The predicted molar refractivity (Wildman–Crippen MR) is 77.3 cm³/mol. The van der Waals surface area contributed by atoms with Gasteiger partial charge in [-0.1, -0.05) is 0 Å². The Morgan fingerprint density at radius 2 is 2.11 bits per heavy atom. The first kappa shape index (κ1) is 11.8. The lowest BCUT2D eigenvalue weighted by Crippen LogP contribution is -2.05. The Morgan fingerprint density at radius 1 is 1.28 bits per heavy atom. The topological polar surface area (TPSA) is 63.6 Å². The molecular weight excluding hydrogens is 341 g/mol. The van der Waals surface area contributed by atoms with E-state index in [1.54, 1.807) is 18.6 Å². The molecule has 3 rings (SSSR count). The fourth-order valence-corrected chi connectivity index (χ4v) is 2.74. The van der Waals surface area contributed by atoms with Crippen molar-refractivity contribution in [2.45, 2.75) is 18.8 Å². The lowest BCUT2D eigenvalue weighted by molar-refractivity contribution is 0.970. The first-order valence-electron chi connectivity index (χ1n) is 5.81. The van der Waals surface area contributed by atoms with Crippen LogP contribution in [0.1, 0.15) is 24.5 Å². The van der Waals surface area contributed by atoms with Gasteiger partial charge in [0.2, 0.25) is 0 Å². The summed E-state index contributed by atoms with van der Waals surface area (Å²) in [6.07, 6.45) is 7.44. The molecular formula is C12H12IN5. The van der Waals surface area contributed by atoms with Crippen LogP contribution in [0.4, 0.5) is 5.82 Å². The van der Waals surface area contributed by atoms with Crippen LogP contribution in [0.5, 0.6) is 0 Å². The molecule has 0 bridgehead atoms. The van der Waals surface area contributed by atoms with Crippen LogP contribution in [-0.4, -0.2) is 27.0 Å². The number of nitrogens with one attached hydrogen (secondary N) is 1. The Labute approximate surface area is 119 Å². The highest BCUT2D eigenvalue weighted by Gasteiger charge is 2.29. The summed E-state index contributed by atoms with van der Waals surface area (Å²) in [6, 6.07) is 0. The summed E-state index contributed by atoms with van der Waals surface area (Å²) in [5, 5.41) is 3.12. The SMILES string of the molecule is CNc1nc(-c2cnccn2)nc(C2CC2)c1I. The molecule has 2 aromatic heterocycles. The van der Waals surface area contributed by atoms with Crippen molar-refractivity contribution in [3.63, 3.8) is 0 Å². The summed E-state index contributed by atoms with van der Waals surface area (Å²) in [5.41, 5.74) is 1.85. The lowest BCUT2D eigenvalue weighted by atomic mass is 10.2. The summed E-state index contributed by atoms with van der Waals surface area (Å²) in [4.78, 5) is 17.5. The van der Waals surface area contributed by atoms with E-state index in [9.17, 15) is 0 Å². The van der Waals surface area contributed by atoms with Crippen molar-refractivity contribution in [3.8, 4) is 11.5 Å². The van der Waals surface area contributed by atoms with Crippen LogP contribution >= 0.6 is 22.6 Å². The standard InChI is InChI=1S/C12H12IN5/c1-14-12-9(13)10(7-2-3-7)17-11(18-12)8-6-15-4-5-16-8/h4-7H,2-3H2,1H3,(H,14,17,18). The van der Waals surface area contributed by atoms with Gasteiger partial charge in [-0.15, -0.1) is 0 Å². The first-order valence-corrected chi connectivity index (χ1v) is 6.89. The number of hydrogen-bond donors (Lipinski definition) is 1. The zero-order valence-electron chi connectivity index (χ0n) is 9.89. The monoisotopic (exact) mass is 353 g/mol. The Balaban J connectivity index is 2.13. The maximum atomic E-state index is 4.65. The van der Waals surface area contributed by atoms with Crippen LogP contribution in [-0.2, 0) is 0 Å².